The van der Waals surface area contributed by atoms with Gasteiger partial charge in [0.25, 0.3) is 10.2 Å². The summed E-state index contributed by atoms with van der Waals surface area (Å²) in [7, 11) is -0.359. The van der Waals surface area contributed by atoms with Crippen LogP contribution in [-0.4, -0.2) is 66.0 Å². The first-order valence-corrected chi connectivity index (χ1v) is 8.78. The maximum Gasteiger partial charge on any atom is 0.281 e. The lowest BCUT2D eigenvalue weighted by atomic mass is 9.98. The fourth-order valence-corrected chi connectivity index (χ4v) is 5.40. The first-order valence-electron chi connectivity index (χ1n) is 7.38. The van der Waals surface area contributed by atoms with E-state index in [9.17, 15) is 18.0 Å². The van der Waals surface area contributed by atoms with Gasteiger partial charge in [0, 0.05) is 45.1 Å². The van der Waals surface area contributed by atoms with Crippen molar-refractivity contribution >= 4 is 22.0 Å². The van der Waals surface area contributed by atoms with Crippen molar-refractivity contribution in [3.05, 3.63) is 0 Å². The van der Waals surface area contributed by atoms with Crippen LogP contribution >= 0.6 is 0 Å². The third-order valence-corrected chi connectivity index (χ3v) is 6.88. The van der Waals surface area contributed by atoms with Gasteiger partial charge in [0.2, 0.25) is 11.8 Å². The highest BCUT2D eigenvalue weighted by Crippen LogP contribution is 2.40. The van der Waals surface area contributed by atoms with Crippen molar-refractivity contribution in [2.24, 2.45) is 0 Å². The molecule has 8 heteroatoms. The molecule has 2 amide bonds. The fourth-order valence-electron chi connectivity index (χ4n) is 3.88. The second-order valence-corrected chi connectivity index (χ2v) is 8.34. The number of hydrogen-bond donors (Lipinski definition) is 0. The molecule has 118 valence electrons. The summed E-state index contributed by atoms with van der Waals surface area (Å²) in [4.78, 5) is 25.1. The number of piperidine rings is 1. The molecule has 3 saturated heterocycles. The summed E-state index contributed by atoms with van der Waals surface area (Å²) < 4.78 is 27.6. The third-order valence-electron chi connectivity index (χ3n) is 4.82. The minimum Gasteiger partial charge on any atom is -0.279 e. The Hall–Kier alpha value is -0.990. The maximum atomic E-state index is 12.4. The first kappa shape index (κ1) is 14.9. The van der Waals surface area contributed by atoms with Gasteiger partial charge in [-0.2, -0.15) is 17.0 Å². The normalized spacial score (nSPS) is 34.2. The molecule has 0 spiro atoms. The van der Waals surface area contributed by atoms with Gasteiger partial charge in [0.15, 0.2) is 0 Å². The average molecular weight is 315 g/mol. The van der Waals surface area contributed by atoms with E-state index in [0.717, 1.165) is 12.8 Å². The number of carbonyl (C=O) groups is 2. The van der Waals surface area contributed by atoms with Gasteiger partial charge in [-0.1, -0.05) is 0 Å². The molecule has 3 aliphatic heterocycles. The van der Waals surface area contributed by atoms with Crippen LogP contribution in [0.2, 0.25) is 0 Å². The summed E-state index contributed by atoms with van der Waals surface area (Å²) in [5.41, 5.74) is 0. The standard InChI is InChI=1S/C13H21N3O4S/c1-14(2)21(19,20)16-9-3-4-10(16)8-11(7-9)15-12(17)5-6-13(15)18/h9-11H,3-8H2,1-2H3. The van der Waals surface area contributed by atoms with Crippen molar-refractivity contribution in [2.75, 3.05) is 14.1 Å². The Balaban J connectivity index is 1.81. The minimum atomic E-state index is -3.43. The Morgan fingerprint density at radius 3 is 1.86 bits per heavy atom. The molecule has 2 bridgehead atoms. The molecule has 0 aromatic rings. The predicted molar refractivity (Wildman–Crippen MR) is 75.4 cm³/mol. The van der Waals surface area contributed by atoms with Crippen LogP contribution in [0.25, 0.3) is 0 Å². The number of rotatable bonds is 3. The van der Waals surface area contributed by atoms with E-state index in [1.807, 2.05) is 0 Å². The van der Waals surface area contributed by atoms with Gasteiger partial charge in [0.1, 0.15) is 0 Å². The zero-order valence-corrected chi connectivity index (χ0v) is 13.2. The van der Waals surface area contributed by atoms with Gasteiger partial charge in [-0.3, -0.25) is 14.5 Å². The molecule has 3 aliphatic rings. The van der Waals surface area contributed by atoms with E-state index >= 15 is 0 Å². The fraction of sp³-hybridized carbons (Fsp3) is 0.846. The molecule has 2 unspecified atom stereocenters. The van der Waals surface area contributed by atoms with Crippen LogP contribution < -0.4 is 0 Å². The maximum absolute atomic E-state index is 12.4. The molecule has 3 heterocycles. The Kier molecular flexibility index (Phi) is 3.58. The van der Waals surface area contributed by atoms with Gasteiger partial charge in [-0.05, 0) is 25.7 Å². The SMILES string of the molecule is CN(C)S(=O)(=O)N1C2CCC1CC(N1C(=O)CCC1=O)C2. The number of hydrogen-bond acceptors (Lipinski definition) is 4. The van der Waals surface area contributed by atoms with E-state index in [0.29, 0.717) is 25.7 Å². The highest BCUT2D eigenvalue weighted by atomic mass is 32.2. The van der Waals surface area contributed by atoms with Gasteiger partial charge >= 0.3 is 0 Å². The quantitative estimate of drug-likeness (QED) is 0.684. The van der Waals surface area contributed by atoms with Crippen molar-refractivity contribution < 1.29 is 18.0 Å². The summed E-state index contributed by atoms with van der Waals surface area (Å²) in [6, 6.07) is -0.316. The van der Waals surface area contributed by atoms with Crippen LogP contribution in [-0.2, 0) is 19.8 Å². The number of fused-ring (bicyclic) bond motifs is 2. The Bertz CT molecular complexity index is 544. The first-order chi connectivity index (χ1) is 9.82. The molecular weight excluding hydrogens is 294 g/mol. The Morgan fingerprint density at radius 1 is 0.952 bits per heavy atom. The van der Waals surface area contributed by atoms with Crippen LogP contribution in [0, 0.1) is 0 Å². The summed E-state index contributed by atoms with van der Waals surface area (Å²) in [5, 5.41) is 0. The van der Waals surface area contributed by atoms with Crippen molar-refractivity contribution in [3.63, 3.8) is 0 Å². The van der Waals surface area contributed by atoms with Crippen LogP contribution in [0.4, 0.5) is 0 Å². The summed E-state index contributed by atoms with van der Waals surface area (Å²) >= 11 is 0. The zero-order chi connectivity index (χ0) is 15.4. The van der Waals surface area contributed by atoms with Gasteiger partial charge in [-0.15, -0.1) is 0 Å². The lowest BCUT2D eigenvalue weighted by Crippen LogP contribution is -2.55. The molecular formula is C13H21N3O4S. The topological polar surface area (TPSA) is 78.0 Å². The minimum absolute atomic E-state index is 0.0950. The van der Waals surface area contributed by atoms with Crippen molar-refractivity contribution in [2.45, 2.75) is 56.7 Å². The third kappa shape index (κ3) is 2.29. The molecule has 3 fully saturated rings. The molecule has 0 aromatic heterocycles. The number of amides is 2. The molecule has 0 saturated carbocycles. The second kappa shape index (κ2) is 5.03. The predicted octanol–water partition coefficient (Wildman–Crippen LogP) is -0.0628. The highest BCUT2D eigenvalue weighted by Gasteiger charge is 2.50. The van der Waals surface area contributed by atoms with E-state index in [1.165, 1.54) is 23.3 Å². The summed E-state index contributed by atoms with van der Waals surface area (Å²) in [6.45, 7) is 0. The van der Waals surface area contributed by atoms with Crippen LogP contribution in [0.15, 0.2) is 0 Å². The number of carbonyl (C=O) groups excluding carboxylic acids is 2. The van der Waals surface area contributed by atoms with E-state index in [1.54, 1.807) is 4.31 Å². The lowest BCUT2D eigenvalue weighted by molar-refractivity contribution is -0.142. The van der Waals surface area contributed by atoms with Crippen LogP contribution in [0.3, 0.4) is 0 Å². The van der Waals surface area contributed by atoms with Crippen LogP contribution in [0.5, 0.6) is 0 Å². The largest absolute Gasteiger partial charge is 0.281 e. The van der Waals surface area contributed by atoms with Crippen molar-refractivity contribution in [3.8, 4) is 0 Å². The molecule has 0 radical (unpaired) electrons. The van der Waals surface area contributed by atoms with Gasteiger partial charge < -0.3 is 0 Å². The molecule has 3 rings (SSSR count). The summed E-state index contributed by atoms with van der Waals surface area (Å²) in [5.74, 6) is -0.207. The van der Waals surface area contributed by atoms with Gasteiger partial charge in [-0.25, -0.2) is 0 Å². The number of nitrogens with zero attached hydrogens (tertiary/aromatic N) is 3. The number of imide groups is 1. The summed E-state index contributed by atoms with van der Waals surface area (Å²) in [6.07, 6.45) is 3.35. The van der Waals surface area contributed by atoms with Crippen molar-refractivity contribution in [1.29, 1.82) is 0 Å². The van der Waals surface area contributed by atoms with Crippen LogP contribution in [0.1, 0.15) is 38.5 Å². The highest BCUT2D eigenvalue weighted by molar-refractivity contribution is 7.86. The molecule has 0 N–H and O–H groups in total. The number of likely N-dealkylation sites (tertiary alicyclic amines) is 1. The smallest absolute Gasteiger partial charge is 0.279 e. The zero-order valence-electron chi connectivity index (χ0n) is 12.4. The monoisotopic (exact) mass is 315 g/mol. The Morgan fingerprint density at radius 2 is 1.43 bits per heavy atom. The molecule has 0 aromatic carbocycles. The Labute approximate surface area is 125 Å². The molecule has 7 nitrogen and oxygen atoms in total. The molecule has 21 heavy (non-hydrogen) atoms. The van der Waals surface area contributed by atoms with E-state index in [4.69, 9.17) is 0 Å². The molecule has 0 aliphatic carbocycles. The van der Waals surface area contributed by atoms with E-state index in [2.05, 4.69) is 0 Å². The van der Waals surface area contributed by atoms with E-state index in [-0.39, 0.29) is 29.9 Å². The lowest BCUT2D eigenvalue weighted by Gasteiger charge is -2.41. The second-order valence-electron chi connectivity index (χ2n) is 6.29. The van der Waals surface area contributed by atoms with E-state index < -0.39 is 10.2 Å². The van der Waals surface area contributed by atoms with Gasteiger partial charge in [0.05, 0.1) is 0 Å². The average Bonchev–Trinajstić information content (AvgIpc) is 2.88. The molecule has 2 atom stereocenters. The van der Waals surface area contributed by atoms with Crippen molar-refractivity contribution in [1.82, 2.24) is 13.5 Å².